The van der Waals surface area contributed by atoms with E-state index in [1.54, 1.807) is 14.1 Å². The molecule has 1 amide bonds. The normalized spacial score (nSPS) is 36.0. The van der Waals surface area contributed by atoms with E-state index in [0.29, 0.717) is 12.6 Å². The number of fused-ring (bicyclic) bond motifs is 2. The van der Waals surface area contributed by atoms with E-state index in [0.717, 1.165) is 51.5 Å². The molecule has 2 N–H and O–H groups in total. The molecule has 4 fully saturated rings. The van der Waals surface area contributed by atoms with Crippen LogP contribution in [0.15, 0.2) is 0 Å². The average molecular weight is 359 g/mol. The average Bonchev–Trinajstić information content (AvgIpc) is 2.90. The first-order valence-corrected chi connectivity index (χ1v) is 10.4. The molecule has 24 heavy (non-hydrogen) atoms. The second kappa shape index (κ2) is 6.23. The first-order valence-electron chi connectivity index (χ1n) is 8.93. The summed E-state index contributed by atoms with van der Waals surface area (Å²) in [5.74, 6) is 0.173. The Balaban J connectivity index is 1.56. The Morgan fingerprint density at radius 1 is 1.21 bits per heavy atom. The number of likely N-dealkylation sites (tertiary alicyclic amines) is 1. The summed E-state index contributed by atoms with van der Waals surface area (Å²) < 4.78 is 28.4. The van der Waals surface area contributed by atoms with E-state index in [2.05, 4.69) is 17.0 Å². The monoisotopic (exact) mass is 358 g/mol. The van der Waals surface area contributed by atoms with Crippen molar-refractivity contribution in [2.75, 3.05) is 27.2 Å². The minimum atomic E-state index is -3.42. The highest BCUT2D eigenvalue weighted by Crippen LogP contribution is 2.52. The predicted molar refractivity (Wildman–Crippen MR) is 92.7 cm³/mol. The Labute approximate surface area is 145 Å². The summed E-state index contributed by atoms with van der Waals surface area (Å²) in [7, 11) is -0.329. The van der Waals surface area contributed by atoms with Crippen LogP contribution < -0.4 is 10.0 Å². The van der Waals surface area contributed by atoms with Crippen LogP contribution in [0.4, 0.5) is 0 Å². The number of hydrogen-bond donors (Lipinski definition) is 2. The molecular formula is C16H30N4O3S. The number of rotatable bonds is 6. The number of nitrogens with zero attached hydrogens (tertiary/aromatic N) is 2. The van der Waals surface area contributed by atoms with E-state index in [1.165, 1.54) is 4.31 Å². The molecule has 1 aliphatic heterocycles. The summed E-state index contributed by atoms with van der Waals surface area (Å²) >= 11 is 0. The first kappa shape index (κ1) is 18.1. The van der Waals surface area contributed by atoms with E-state index in [4.69, 9.17) is 0 Å². The van der Waals surface area contributed by atoms with Gasteiger partial charge in [-0.2, -0.15) is 17.4 Å². The van der Waals surface area contributed by atoms with Crippen molar-refractivity contribution >= 4 is 16.1 Å². The van der Waals surface area contributed by atoms with Crippen LogP contribution in [-0.4, -0.2) is 67.8 Å². The van der Waals surface area contributed by atoms with Crippen LogP contribution in [0.1, 0.15) is 51.9 Å². The van der Waals surface area contributed by atoms with E-state index < -0.39 is 10.2 Å². The largest absolute Gasteiger partial charge is 0.339 e. The Morgan fingerprint density at radius 2 is 1.88 bits per heavy atom. The Kier molecular flexibility index (Phi) is 4.70. The molecule has 1 atom stereocenters. The van der Waals surface area contributed by atoms with Crippen molar-refractivity contribution in [3.8, 4) is 0 Å². The van der Waals surface area contributed by atoms with Gasteiger partial charge in [-0.15, -0.1) is 0 Å². The van der Waals surface area contributed by atoms with Crippen molar-refractivity contribution in [3.63, 3.8) is 0 Å². The third kappa shape index (κ3) is 3.34. The van der Waals surface area contributed by atoms with Gasteiger partial charge >= 0.3 is 0 Å². The van der Waals surface area contributed by atoms with Gasteiger partial charge in [0, 0.05) is 37.8 Å². The molecule has 3 saturated carbocycles. The SMILES string of the molecule is CC1CCCN1C(=O)CNC12CCCC(NS(=O)(=O)N(C)C)(C1)C2. The van der Waals surface area contributed by atoms with Gasteiger partial charge in [0.05, 0.1) is 6.54 Å². The molecule has 138 valence electrons. The summed E-state index contributed by atoms with van der Waals surface area (Å²) in [5, 5.41) is 3.46. The summed E-state index contributed by atoms with van der Waals surface area (Å²) in [4.78, 5) is 14.4. The fourth-order valence-corrected chi connectivity index (χ4v) is 5.71. The topological polar surface area (TPSA) is 81.8 Å². The molecule has 2 bridgehead atoms. The van der Waals surface area contributed by atoms with Crippen LogP contribution in [0, 0.1) is 0 Å². The molecule has 4 rings (SSSR count). The van der Waals surface area contributed by atoms with Crippen LogP contribution in [0.3, 0.4) is 0 Å². The Bertz CT molecular complexity index is 598. The number of hydrogen-bond acceptors (Lipinski definition) is 4. The maximum atomic E-state index is 12.4. The van der Waals surface area contributed by atoms with Gasteiger partial charge in [0.15, 0.2) is 0 Å². The zero-order valence-corrected chi connectivity index (χ0v) is 15.8. The maximum Gasteiger partial charge on any atom is 0.279 e. The molecule has 1 heterocycles. The molecule has 0 radical (unpaired) electrons. The van der Waals surface area contributed by atoms with Crippen molar-refractivity contribution in [2.45, 2.75) is 69.0 Å². The molecule has 8 heteroatoms. The molecular weight excluding hydrogens is 328 g/mol. The quantitative estimate of drug-likeness (QED) is 0.722. The number of nitrogens with one attached hydrogen (secondary N) is 2. The third-order valence-electron chi connectivity index (χ3n) is 5.98. The lowest BCUT2D eigenvalue weighted by Crippen LogP contribution is -2.73. The van der Waals surface area contributed by atoms with Crippen LogP contribution in [0.5, 0.6) is 0 Å². The predicted octanol–water partition coefficient (Wildman–Crippen LogP) is 0.438. The van der Waals surface area contributed by atoms with Crippen LogP contribution in [0.25, 0.3) is 0 Å². The van der Waals surface area contributed by atoms with E-state index in [-0.39, 0.29) is 17.0 Å². The molecule has 0 spiro atoms. The van der Waals surface area contributed by atoms with Gasteiger partial charge in [0.2, 0.25) is 5.91 Å². The van der Waals surface area contributed by atoms with Crippen molar-refractivity contribution in [1.29, 1.82) is 0 Å². The van der Waals surface area contributed by atoms with Crippen molar-refractivity contribution in [3.05, 3.63) is 0 Å². The number of amides is 1. The molecule has 0 aromatic rings. The van der Waals surface area contributed by atoms with Gasteiger partial charge in [-0.1, -0.05) is 0 Å². The second-order valence-corrected chi connectivity index (χ2v) is 9.97. The summed E-state index contributed by atoms with van der Waals surface area (Å²) in [6, 6.07) is 0.343. The lowest BCUT2D eigenvalue weighted by atomic mass is 9.55. The van der Waals surface area contributed by atoms with Crippen molar-refractivity contribution in [1.82, 2.24) is 19.2 Å². The molecule has 1 unspecified atom stereocenters. The second-order valence-electron chi connectivity index (χ2n) is 8.09. The smallest absolute Gasteiger partial charge is 0.279 e. The van der Waals surface area contributed by atoms with Gasteiger partial charge in [-0.05, 0) is 51.9 Å². The van der Waals surface area contributed by atoms with Crippen molar-refractivity contribution < 1.29 is 13.2 Å². The minimum Gasteiger partial charge on any atom is -0.339 e. The Morgan fingerprint density at radius 3 is 2.46 bits per heavy atom. The Hall–Kier alpha value is -0.700. The minimum absolute atomic E-state index is 0.0777. The fraction of sp³-hybridized carbons (Fsp3) is 0.938. The molecule has 0 aromatic heterocycles. The molecule has 0 aromatic carbocycles. The van der Waals surface area contributed by atoms with Crippen molar-refractivity contribution in [2.24, 2.45) is 0 Å². The van der Waals surface area contributed by atoms with Crippen LogP contribution >= 0.6 is 0 Å². The maximum absolute atomic E-state index is 12.4. The molecule has 1 saturated heterocycles. The van der Waals surface area contributed by atoms with Gasteiger partial charge < -0.3 is 10.2 Å². The zero-order chi connectivity index (χ0) is 17.6. The highest BCUT2D eigenvalue weighted by atomic mass is 32.2. The van der Waals surface area contributed by atoms with E-state index >= 15 is 0 Å². The van der Waals surface area contributed by atoms with Gasteiger partial charge in [0.25, 0.3) is 10.2 Å². The number of carbonyl (C=O) groups is 1. The molecule has 7 nitrogen and oxygen atoms in total. The third-order valence-corrected chi connectivity index (χ3v) is 7.63. The molecule has 3 aliphatic carbocycles. The summed E-state index contributed by atoms with van der Waals surface area (Å²) in [5.41, 5.74) is -0.413. The van der Waals surface area contributed by atoms with Crippen LogP contribution in [-0.2, 0) is 15.0 Å². The highest BCUT2D eigenvalue weighted by Gasteiger charge is 2.58. The molecule has 4 aliphatic rings. The summed E-state index contributed by atoms with van der Waals surface area (Å²) in [6.07, 6.45) is 6.60. The van der Waals surface area contributed by atoms with Gasteiger partial charge in [0.1, 0.15) is 0 Å². The fourth-order valence-electron chi connectivity index (χ4n) is 4.73. The lowest BCUT2D eigenvalue weighted by Gasteiger charge is -2.61. The standard InChI is InChI=1S/C16H30N4O3S/c1-13-6-4-9-20(13)14(21)10-17-15-7-5-8-16(11-15,12-15)18-24(22,23)19(2)3/h13,17-18H,4-12H2,1-3H3. The number of carbonyl (C=O) groups excluding carboxylic acids is 1. The first-order chi connectivity index (χ1) is 11.2. The highest BCUT2D eigenvalue weighted by molar-refractivity contribution is 7.87. The van der Waals surface area contributed by atoms with Gasteiger partial charge in [-0.25, -0.2) is 0 Å². The van der Waals surface area contributed by atoms with Crippen LogP contribution in [0.2, 0.25) is 0 Å². The van der Waals surface area contributed by atoms with E-state index in [1.807, 2.05) is 4.90 Å². The van der Waals surface area contributed by atoms with Gasteiger partial charge in [-0.3, -0.25) is 4.79 Å². The van der Waals surface area contributed by atoms with E-state index in [9.17, 15) is 13.2 Å². The summed E-state index contributed by atoms with van der Waals surface area (Å²) in [6.45, 7) is 3.33. The lowest BCUT2D eigenvalue weighted by molar-refractivity contribution is -0.132. The zero-order valence-electron chi connectivity index (χ0n) is 15.0.